The van der Waals surface area contributed by atoms with Gasteiger partial charge in [-0.2, -0.15) is 0 Å². The van der Waals surface area contributed by atoms with Crippen LogP contribution in [0.25, 0.3) is 6.08 Å². The van der Waals surface area contributed by atoms with Crippen LogP contribution in [0.15, 0.2) is 30.4 Å². The highest BCUT2D eigenvalue weighted by atomic mass is 16.5. The first-order valence-corrected chi connectivity index (χ1v) is 7.84. The molecule has 0 fully saturated rings. The highest BCUT2D eigenvalue weighted by molar-refractivity contribution is 5.97. The molecule has 0 amide bonds. The maximum absolute atomic E-state index is 12.3. The summed E-state index contributed by atoms with van der Waals surface area (Å²) in [5, 5.41) is 39.3. The minimum atomic E-state index is -0.982. The number of phenolic OH excluding ortho intramolecular Hbond substituents is 2. The number of hydrogen-bond acceptors (Lipinski definition) is 6. The zero-order chi connectivity index (χ0) is 17.7. The quantitative estimate of drug-likeness (QED) is 0.428. The van der Waals surface area contributed by atoms with Crippen molar-refractivity contribution in [3.8, 4) is 11.5 Å². The van der Waals surface area contributed by atoms with E-state index in [1.807, 2.05) is 0 Å². The molecule has 0 aliphatic carbocycles. The average Bonchev–Trinajstić information content (AvgIpc) is 2.49. The molecule has 0 saturated carbocycles. The van der Waals surface area contributed by atoms with Crippen molar-refractivity contribution in [2.75, 3.05) is 0 Å². The maximum Gasteiger partial charge on any atom is 0.342 e. The Morgan fingerprint density at radius 2 is 1.92 bits per heavy atom. The summed E-state index contributed by atoms with van der Waals surface area (Å²) in [6, 6.07) is 2.44. The Hall–Kier alpha value is -2.31. The van der Waals surface area contributed by atoms with Gasteiger partial charge in [-0.15, -0.1) is 0 Å². The summed E-state index contributed by atoms with van der Waals surface area (Å²) >= 11 is 0. The molecule has 0 radical (unpaired) electrons. The summed E-state index contributed by atoms with van der Waals surface area (Å²) in [4.78, 5) is 12.3. The summed E-state index contributed by atoms with van der Waals surface area (Å²) in [7, 11) is 0. The summed E-state index contributed by atoms with van der Waals surface area (Å²) in [6.07, 6.45) is 5.18. The molecule has 6 nitrogen and oxygen atoms in total. The fraction of sp³-hybridized carbons (Fsp3) is 0.389. The molecule has 0 saturated heterocycles. The molecule has 2 rings (SSSR count). The third-order valence-electron chi connectivity index (χ3n) is 3.77. The number of aromatic hydroxyl groups is 2. The molecular formula is C18H22O6. The van der Waals surface area contributed by atoms with Crippen molar-refractivity contribution in [1.29, 1.82) is 0 Å². The Morgan fingerprint density at radius 1 is 1.17 bits per heavy atom. The van der Waals surface area contributed by atoms with Crippen LogP contribution in [0.1, 0.15) is 42.1 Å². The van der Waals surface area contributed by atoms with Gasteiger partial charge < -0.3 is 25.2 Å². The van der Waals surface area contributed by atoms with Crippen molar-refractivity contribution in [2.24, 2.45) is 0 Å². The van der Waals surface area contributed by atoms with Gasteiger partial charge in [0.15, 0.2) is 0 Å². The zero-order valence-electron chi connectivity index (χ0n) is 13.4. The van der Waals surface area contributed by atoms with Crippen LogP contribution in [-0.4, -0.2) is 44.7 Å². The van der Waals surface area contributed by atoms with E-state index >= 15 is 0 Å². The Bertz CT molecular complexity index is 649. The van der Waals surface area contributed by atoms with E-state index in [-0.39, 0.29) is 17.1 Å². The SMILES string of the molecule is C[C@H]1C/C=C\[C@@H](O)[C@H](O)CC/C=C/c2cc(O)cc(O)c2C(=O)O1. The van der Waals surface area contributed by atoms with Gasteiger partial charge in [0.05, 0.1) is 12.2 Å². The van der Waals surface area contributed by atoms with Gasteiger partial charge in [-0.05, 0) is 31.4 Å². The fourth-order valence-corrected chi connectivity index (χ4v) is 2.46. The highest BCUT2D eigenvalue weighted by Crippen LogP contribution is 2.29. The van der Waals surface area contributed by atoms with Crippen LogP contribution in [0.2, 0.25) is 0 Å². The second-order valence-electron chi connectivity index (χ2n) is 5.85. The molecule has 4 N–H and O–H groups in total. The number of aliphatic hydroxyl groups excluding tert-OH is 2. The molecule has 0 aromatic heterocycles. The number of carbonyl (C=O) groups excluding carboxylic acids is 1. The van der Waals surface area contributed by atoms with Crippen molar-refractivity contribution in [3.05, 3.63) is 41.5 Å². The Balaban J connectivity index is 2.36. The van der Waals surface area contributed by atoms with Gasteiger partial charge in [-0.3, -0.25) is 0 Å². The lowest BCUT2D eigenvalue weighted by atomic mass is 10.0. The molecule has 1 heterocycles. The van der Waals surface area contributed by atoms with E-state index in [0.29, 0.717) is 24.8 Å². The maximum atomic E-state index is 12.3. The van der Waals surface area contributed by atoms with Crippen molar-refractivity contribution in [2.45, 2.75) is 44.5 Å². The van der Waals surface area contributed by atoms with Gasteiger partial charge in [-0.1, -0.05) is 24.3 Å². The van der Waals surface area contributed by atoms with Crippen LogP contribution in [0, 0.1) is 0 Å². The van der Waals surface area contributed by atoms with Gasteiger partial charge in [-0.25, -0.2) is 4.79 Å². The molecule has 6 heteroatoms. The van der Waals surface area contributed by atoms with E-state index in [1.54, 1.807) is 25.2 Å². The Labute approximate surface area is 140 Å². The number of fused-ring (bicyclic) bond motifs is 1. The number of benzene rings is 1. The first kappa shape index (κ1) is 18.0. The van der Waals surface area contributed by atoms with Crippen molar-refractivity contribution in [3.63, 3.8) is 0 Å². The molecule has 3 atom stereocenters. The molecule has 1 aliphatic rings. The third-order valence-corrected chi connectivity index (χ3v) is 3.77. The summed E-state index contributed by atoms with van der Waals surface area (Å²) in [6.45, 7) is 1.68. The minimum absolute atomic E-state index is 0.0162. The van der Waals surface area contributed by atoms with Crippen molar-refractivity contribution < 1.29 is 30.0 Å². The van der Waals surface area contributed by atoms with E-state index in [9.17, 15) is 25.2 Å². The molecule has 1 aromatic rings. The smallest absolute Gasteiger partial charge is 0.342 e. The predicted octanol–water partition coefficient (Wildman–Crippen LogP) is 2.12. The first-order valence-electron chi connectivity index (χ1n) is 7.84. The number of carbonyl (C=O) groups is 1. The average molecular weight is 334 g/mol. The number of ether oxygens (including phenoxy) is 1. The topological polar surface area (TPSA) is 107 Å². The van der Waals surface area contributed by atoms with E-state index in [2.05, 4.69) is 0 Å². The Morgan fingerprint density at radius 3 is 2.67 bits per heavy atom. The third kappa shape index (κ3) is 4.59. The van der Waals surface area contributed by atoms with E-state index < -0.39 is 24.3 Å². The van der Waals surface area contributed by atoms with E-state index in [4.69, 9.17) is 4.74 Å². The number of phenols is 2. The van der Waals surface area contributed by atoms with Gasteiger partial charge in [0, 0.05) is 12.5 Å². The second-order valence-corrected chi connectivity index (χ2v) is 5.85. The van der Waals surface area contributed by atoms with Crippen LogP contribution >= 0.6 is 0 Å². The summed E-state index contributed by atoms with van der Waals surface area (Å²) in [5.74, 6) is -1.22. The standard InChI is InChI=1S/C18H22O6/c1-11-5-4-8-15(21)14(20)7-3-2-6-12-9-13(19)10-16(22)17(12)18(23)24-11/h2,4,6,8-11,14-15,19-22H,3,5,7H2,1H3/b6-2+,8-4-/t11-,14+,15+/m0/s1. The van der Waals surface area contributed by atoms with Crippen LogP contribution in [-0.2, 0) is 4.74 Å². The number of hydrogen-bond donors (Lipinski definition) is 4. The predicted molar refractivity (Wildman–Crippen MR) is 88.7 cm³/mol. The normalized spacial score (nSPS) is 28.3. The van der Waals surface area contributed by atoms with Crippen LogP contribution in [0.3, 0.4) is 0 Å². The van der Waals surface area contributed by atoms with Crippen LogP contribution in [0.4, 0.5) is 0 Å². The van der Waals surface area contributed by atoms with E-state index in [1.165, 1.54) is 12.1 Å². The molecule has 130 valence electrons. The summed E-state index contributed by atoms with van der Waals surface area (Å²) < 4.78 is 5.29. The Kier molecular flexibility index (Phi) is 6.00. The monoisotopic (exact) mass is 334 g/mol. The first-order chi connectivity index (χ1) is 11.4. The largest absolute Gasteiger partial charge is 0.508 e. The number of aliphatic hydroxyl groups is 2. The number of allylic oxidation sites excluding steroid dienone is 1. The number of esters is 1. The van der Waals surface area contributed by atoms with Gasteiger partial charge >= 0.3 is 5.97 Å². The van der Waals surface area contributed by atoms with Crippen LogP contribution in [0.5, 0.6) is 11.5 Å². The molecule has 1 aromatic carbocycles. The molecule has 1 aliphatic heterocycles. The lowest BCUT2D eigenvalue weighted by Crippen LogP contribution is -2.23. The summed E-state index contributed by atoms with van der Waals surface area (Å²) in [5.41, 5.74) is 0.310. The second kappa shape index (κ2) is 7.99. The minimum Gasteiger partial charge on any atom is -0.508 e. The number of rotatable bonds is 0. The van der Waals surface area contributed by atoms with Crippen LogP contribution < -0.4 is 0 Å². The van der Waals surface area contributed by atoms with Gasteiger partial charge in [0.25, 0.3) is 0 Å². The molecule has 0 spiro atoms. The lowest BCUT2D eigenvalue weighted by molar-refractivity contribution is 0.0337. The molecule has 24 heavy (non-hydrogen) atoms. The van der Waals surface area contributed by atoms with E-state index in [0.717, 1.165) is 6.07 Å². The van der Waals surface area contributed by atoms with Gasteiger partial charge in [0.1, 0.15) is 23.2 Å². The van der Waals surface area contributed by atoms with Crippen molar-refractivity contribution in [1.82, 2.24) is 0 Å². The lowest BCUT2D eigenvalue weighted by Gasteiger charge is -2.16. The molecule has 0 unspecified atom stereocenters. The molecular weight excluding hydrogens is 312 g/mol. The van der Waals surface area contributed by atoms with Crippen molar-refractivity contribution >= 4 is 12.0 Å². The van der Waals surface area contributed by atoms with Gasteiger partial charge in [0.2, 0.25) is 0 Å². The zero-order valence-corrected chi connectivity index (χ0v) is 13.4. The fourth-order valence-electron chi connectivity index (χ4n) is 2.46. The number of cyclic esters (lactones) is 1. The molecule has 0 bridgehead atoms. The highest BCUT2D eigenvalue weighted by Gasteiger charge is 2.20.